The second kappa shape index (κ2) is 7.15. The number of pyridine rings is 1. The molecule has 21 heavy (non-hydrogen) atoms. The van der Waals surface area contributed by atoms with Crippen LogP contribution in [0.15, 0.2) is 36.4 Å². The molecule has 0 radical (unpaired) electrons. The van der Waals surface area contributed by atoms with E-state index in [9.17, 15) is 4.79 Å². The van der Waals surface area contributed by atoms with Crippen LogP contribution < -0.4 is 10.6 Å². The Morgan fingerprint density at radius 1 is 1.29 bits per heavy atom. The smallest absolute Gasteiger partial charge is 0.258 e. The van der Waals surface area contributed by atoms with E-state index in [1.54, 1.807) is 30.3 Å². The number of hydrogen-bond donors (Lipinski definition) is 2. The van der Waals surface area contributed by atoms with Crippen molar-refractivity contribution in [2.45, 2.75) is 6.92 Å². The van der Waals surface area contributed by atoms with Gasteiger partial charge in [-0.15, -0.1) is 0 Å². The summed E-state index contributed by atoms with van der Waals surface area (Å²) < 4.78 is 1.06. The molecule has 1 amide bonds. The minimum absolute atomic E-state index is 0.174. The van der Waals surface area contributed by atoms with Crippen molar-refractivity contribution in [3.63, 3.8) is 0 Å². The highest BCUT2D eigenvalue weighted by atomic mass is 127. The molecule has 2 rings (SSSR count). The fourth-order valence-corrected chi connectivity index (χ4v) is 2.30. The normalized spacial score (nSPS) is 10.0. The molecule has 2 N–H and O–H groups in total. The molecule has 0 saturated carbocycles. The number of carbonyl (C=O) groups is 1. The van der Waals surface area contributed by atoms with Gasteiger partial charge >= 0.3 is 0 Å². The molecule has 0 aliphatic rings. The Bertz CT molecular complexity index is 708. The topological polar surface area (TPSA) is 54.0 Å². The Labute approximate surface area is 146 Å². The molecule has 0 bridgehead atoms. The van der Waals surface area contributed by atoms with Gasteiger partial charge < -0.3 is 5.32 Å². The molecule has 0 spiro atoms. The van der Waals surface area contributed by atoms with E-state index >= 15 is 0 Å². The van der Waals surface area contributed by atoms with Gasteiger partial charge in [0.25, 0.3) is 5.91 Å². The minimum Gasteiger partial charge on any atom is -0.317 e. The number of thiocarbonyl (C=S) groups is 1. The lowest BCUT2D eigenvalue weighted by Gasteiger charge is -2.10. The number of benzene rings is 1. The van der Waals surface area contributed by atoms with Crippen molar-refractivity contribution in [2.24, 2.45) is 0 Å². The van der Waals surface area contributed by atoms with Crippen LogP contribution in [-0.2, 0) is 0 Å². The van der Waals surface area contributed by atoms with E-state index in [0.717, 1.165) is 9.26 Å². The van der Waals surface area contributed by atoms with Gasteiger partial charge in [-0.2, -0.15) is 0 Å². The predicted molar refractivity (Wildman–Crippen MR) is 96.8 cm³/mol. The summed E-state index contributed by atoms with van der Waals surface area (Å²) in [7, 11) is 0. The summed E-state index contributed by atoms with van der Waals surface area (Å²) in [6.45, 7) is 1.90. The number of aromatic nitrogens is 1. The van der Waals surface area contributed by atoms with Gasteiger partial charge in [-0.25, -0.2) is 4.98 Å². The van der Waals surface area contributed by atoms with Gasteiger partial charge in [0.05, 0.1) is 16.3 Å². The van der Waals surface area contributed by atoms with Crippen molar-refractivity contribution >= 4 is 63.2 Å². The molecule has 4 nitrogen and oxygen atoms in total. The first-order chi connectivity index (χ1) is 9.97. The average Bonchev–Trinajstić information content (AvgIpc) is 2.43. The van der Waals surface area contributed by atoms with Gasteiger partial charge in [0.2, 0.25) is 0 Å². The van der Waals surface area contributed by atoms with Gasteiger partial charge in [-0.05, 0) is 66.0 Å². The first-order valence-corrected chi connectivity index (χ1v) is 7.84. The molecule has 0 atom stereocenters. The van der Waals surface area contributed by atoms with E-state index in [-0.39, 0.29) is 11.0 Å². The lowest BCUT2D eigenvalue weighted by atomic mass is 10.2. The zero-order chi connectivity index (χ0) is 15.4. The summed E-state index contributed by atoms with van der Waals surface area (Å²) >= 11 is 13.3. The predicted octanol–water partition coefficient (Wildman–Crippen LogP) is 3.77. The monoisotopic (exact) mass is 431 g/mol. The molecule has 0 aliphatic carbocycles. The van der Waals surface area contributed by atoms with Crippen LogP contribution in [0.1, 0.15) is 16.1 Å². The lowest BCUT2D eigenvalue weighted by molar-refractivity contribution is 0.0978. The molecule has 0 fully saturated rings. The summed E-state index contributed by atoms with van der Waals surface area (Å²) in [6.07, 6.45) is 0. The Morgan fingerprint density at radius 3 is 2.67 bits per heavy atom. The first kappa shape index (κ1) is 16.1. The maximum atomic E-state index is 12.0. The van der Waals surface area contributed by atoms with Crippen LogP contribution in [-0.4, -0.2) is 16.0 Å². The molecule has 1 aromatic carbocycles. The number of amides is 1. The number of anilines is 1. The van der Waals surface area contributed by atoms with E-state index in [1.165, 1.54) is 0 Å². The quantitative estimate of drug-likeness (QED) is 0.561. The van der Waals surface area contributed by atoms with Crippen molar-refractivity contribution in [2.75, 3.05) is 5.32 Å². The fraction of sp³-hybridized carbons (Fsp3) is 0.0714. The third-order valence-corrected chi connectivity index (χ3v) is 4.28. The largest absolute Gasteiger partial charge is 0.317 e. The zero-order valence-corrected chi connectivity index (χ0v) is 14.7. The molecule has 1 aromatic heterocycles. The van der Waals surface area contributed by atoms with Gasteiger partial charge in [0.1, 0.15) is 5.82 Å². The van der Waals surface area contributed by atoms with Crippen LogP contribution in [0, 0.1) is 10.5 Å². The van der Waals surface area contributed by atoms with Crippen LogP contribution in [0.4, 0.5) is 5.82 Å². The minimum atomic E-state index is -0.361. The number of nitrogens with one attached hydrogen (secondary N) is 2. The van der Waals surface area contributed by atoms with Crippen molar-refractivity contribution in [3.8, 4) is 0 Å². The third-order valence-electron chi connectivity index (χ3n) is 2.61. The Morgan fingerprint density at radius 2 is 2.00 bits per heavy atom. The van der Waals surface area contributed by atoms with E-state index in [1.807, 2.05) is 13.0 Å². The second-order valence-electron chi connectivity index (χ2n) is 4.15. The SMILES string of the molecule is Cc1nc(NC(=S)NC(=O)c2ccccc2Cl)ccc1I. The fourth-order valence-electron chi connectivity index (χ4n) is 1.58. The van der Waals surface area contributed by atoms with E-state index < -0.39 is 0 Å². The molecular formula is C14H11ClIN3OS. The average molecular weight is 432 g/mol. The van der Waals surface area contributed by atoms with Crippen LogP contribution in [0.5, 0.6) is 0 Å². The molecular weight excluding hydrogens is 421 g/mol. The van der Waals surface area contributed by atoms with Gasteiger partial charge in [0.15, 0.2) is 5.11 Å². The molecule has 0 unspecified atom stereocenters. The van der Waals surface area contributed by atoms with Crippen molar-refractivity contribution in [1.29, 1.82) is 0 Å². The molecule has 1 heterocycles. The molecule has 0 saturated heterocycles. The number of aryl methyl sites for hydroxylation is 1. The van der Waals surface area contributed by atoms with E-state index in [2.05, 4.69) is 38.2 Å². The zero-order valence-electron chi connectivity index (χ0n) is 11.0. The highest BCUT2D eigenvalue weighted by molar-refractivity contribution is 14.1. The van der Waals surface area contributed by atoms with Crippen LogP contribution in [0.25, 0.3) is 0 Å². The number of hydrogen-bond acceptors (Lipinski definition) is 3. The van der Waals surface area contributed by atoms with Gasteiger partial charge in [-0.1, -0.05) is 23.7 Å². The number of halogens is 2. The van der Waals surface area contributed by atoms with Gasteiger partial charge in [-0.3, -0.25) is 10.1 Å². The molecule has 7 heteroatoms. The van der Waals surface area contributed by atoms with Crippen molar-refractivity contribution in [3.05, 3.63) is 56.2 Å². The lowest BCUT2D eigenvalue weighted by Crippen LogP contribution is -2.34. The molecule has 0 aliphatic heterocycles. The first-order valence-electron chi connectivity index (χ1n) is 5.97. The van der Waals surface area contributed by atoms with Crippen LogP contribution in [0.2, 0.25) is 5.02 Å². The summed E-state index contributed by atoms with van der Waals surface area (Å²) in [5.41, 5.74) is 1.26. The second-order valence-corrected chi connectivity index (χ2v) is 6.13. The van der Waals surface area contributed by atoms with Crippen LogP contribution >= 0.6 is 46.4 Å². The number of rotatable bonds is 2. The van der Waals surface area contributed by atoms with E-state index in [4.69, 9.17) is 23.8 Å². The number of nitrogens with zero attached hydrogens (tertiary/aromatic N) is 1. The maximum Gasteiger partial charge on any atom is 0.258 e. The maximum absolute atomic E-state index is 12.0. The highest BCUT2D eigenvalue weighted by Crippen LogP contribution is 2.15. The summed E-state index contributed by atoms with van der Waals surface area (Å²) in [5.74, 6) is 0.220. The van der Waals surface area contributed by atoms with Crippen molar-refractivity contribution < 1.29 is 4.79 Å². The summed E-state index contributed by atoms with van der Waals surface area (Å²) in [6, 6.07) is 10.5. The number of carbonyl (C=O) groups excluding carboxylic acids is 1. The molecule has 108 valence electrons. The van der Waals surface area contributed by atoms with Gasteiger partial charge in [0, 0.05) is 3.57 Å². The Hall–Kier alpha value is -1.25. The third kappa shape index (κ3) is 4.36. The van der Waals surface area contributed by atoms with Crippen LogP contribution in [0.3, 0.4) is 0 Å². The summed E-state index contributed by atoms with van der Waals surface area (Å²) in [5, 5.41) is 6.00. The Balaban J connectivity index is 2.03. The van der Waals surface area contributed by atoms with Crippen molar-refractivity contribution in [1.82, 2.24) is 10.3 Å². The standard InChI is InChI=1S/C14H11ClIN3OS/c1-8-11(16)6-7-12(17-8)18-14(21)19-13(20)9-4-2-3-5-10(9)15/h2-7H,1H3,(H2,17,18,19,20,21). The Kier molecular flexibility index (Phi) is 5.49. The molecule has 2 aromatic rings. The highest BCUT2D eigenvalue weighted by Gasteiger charge is 2.11. The van der Waals surface area contributed by atoms with E-state index in [0.29, 0.717) is 16.4 Å². The summed E-state index contributed by atoms with van der Waals surface area (Å²) in [4.78, 5) is 16.4.